The Bertz CT molecular complexity index is 574. The van der Waals surface area contributed by atoms with Crippen LogP contribution in [0.15, 0.2) is 29.2 Å². The molecule has 0 amide bonds. The minimum atomic E-state index is -3.48. The average molecular weight is 312 g/mol. The largest absolute Gasteiger partial charge is 0.377 e. The number of hydrogen-bond acceptors (Lipinski definition) is 4. The second-order valence-electron chi connectivity index (χ2n) is 5.38. The molecule has 6 heteroatoms. The van der Waals surface area contributed by atoms with Gasteiger partial charge in [-0.1, -0.05) is 19.1 Å². The summed E-state index contributed by atoms with van der Waals surface area (Å²) in [5.74, 6) is 0. The lowest BCUT2D eigenvalue weighted by Gasteiger charge is -2.26. The number of rotatable bonds is 6. The van der Waals surface area contributed by atoms with Gasteiger partial charge in [0.2, 0.25) is 10.0 Å². The Morgan fingerprint density at radius 2 is 2.19 bits per heavy atom. The summed E-state index contributed by atoms with van der Waals surface area (Å²) in [5, 5.41) is 3.21. The summed E-state index contributed by atoms with van der Waals surface area (Å²) in [4.78, 5) is 0.347. The molecule has 1 N–H and O–H groups in total. The monoisotopic (exact) mass is 312 g/mol. The van der Waals surface area contributed by atoms with E-state index in [0.29, 0.717) is 18.0 Å². The van der Waals surface area contributed by atoms with Gasteiger partial charge < -0.3 is 10.1 Å². The maximum atomic E-state index is 12.7. The third-order valence-electron chi connectivity index (χ3n) is 3.96. The van der Waals surface area contributed by atoms with Gasteiger partial charge in [-0.3, -0.25) is 0 Å². The Balaban J connectivity index is 2.22. The van der Waals surface area contributed by atoms with Crippen LogP contribution in [0.3, 0.4) is 0 Å². The molecule has 0 radical (unpaired) electrons. The molecule has 0 bridgehead atoms. The van der Waals surface area contributed by atoms with Crippen molar-refractivity contribution >= 4 is 10.0 Å². The van der Waals surface area contributed by atoms with Crippen LogP contribution in [0.5, 0.6) is 0 Å². The van der Waals surface area contributed by atoms with Crippen molar-refractivity contribution in [1.29, 1.82) is 0 Å². The standard InChI is InChI=1S/C15H24N2O3S/c1-4-16-11-13-6-5-7-14(10-13)21(18,19)17(3)15-8-9-20-12(15)2/h5-7,10,12,15-16H,4,8-9,11H2,1-3H3. The molecule has 0 spiro atoms. The van der Waals surface area contributed by atoms with Gasteiger partial charge in [0.1, 0.15) is 0 Å². The molecule has 5 nitrogen and oxygen atoms in total. The van der Waals surface area contributed by atoms with Crippen LogP contribution in [0, 0.1) is 0 Å². The van der Waals surface area contributed by atoms with Crippen LogP contribution in [0.1, 0.15) is 25.8 Å². The average Bonchev–Trinajstić information content (AvgIpc) is 2.90. The summed E-state index contributed by atoms with van der Waals surface area (Å²) in [6.45, 7) is 6.09. The molecule has 1 heterocycles. The molecule has 2 unspecified atom stereocenters. The van der Waals surface area contributed by atoms with Crippen molar-refractivity contribution in [2.75, 3.05) is 20.2 Å². The lowest BCUT2D eigenvalue weighted by atomic mass is 10.2. The highest BCUT2D eigenvalue weighted by molar-refractivity contribution is 7.89. The maximum absolute atomic E-state index is 12.7. The fraction of sp³-hybridized carbons (Fsp3) is 0.600. The van der Waals surface area contributed by atoms with E-state index in [0.717, 1.165) is 18.5 Å². The zero-order chi connectivity index (χ0) is 15.5. The molecular weight excluding hydrogens is 288 g/mol. The number of nitrogens with zero attached hydrogens (tertiary/aromatic N) is 1. The van der Waals surface area contributed by atoms with Gasteiger partial charge in [-0.25, -0.2) is 8.42 Å². The van der Waals surface area contributed by atoms with Crippen molar-refractivity contribution in [3.8, 4) is 0 Å². The Kier molecular flexibility index (Phi) is 5.37. The lowest BCUT2D eigenvalue weighted by molar-refractivity contribution is 0.102. The van der Waals surface area contributed by atoms with Crippen molar-refractivity contribution in [2.45, 2.75) is 43.9 Å². The van der Waals surface area contributed by atoms with Gasteiger partial charge in [0.15, 0.2) is 0 Å². The molecule has 1 saturated heterocycles. The highest BCUT2D eigenvalue weighted by Crippen LogP contribution is 2.25. The van der Waals surface area contributed by atoms with Gasteiger partial charge in [0.25, 0.3) is 0 Å². The third-order valence-corrected chi connectivity index (χ3v) is 5.84. The molecule has 0 aromatic heterocycles. The number of ether oxygens (including phenoxy) is 1. The van der Waals surface area contributed by atoms with E-state index in [2.05, 4.69) is 5.32 Å². The quantitative estimate of drug-likeness (QED) is 0.867. The Morgan fingerprint density at radius 1 is 1.43 bits per heavy atom. The Hall–Kier alpha value is -0.950. The van der Waals surface area contributed by atoms with Gasteiger partial charge >= 0.3 is 0 Å². The van der Waals surface area contributed by atoms with Crippen LogP contribution in [0.2, 0.25) is 0 Å². The summed E-state index contributed by atoms with van der Waals surface area (Å²) in [7, 11) is -1.84. The van der Waals surface area contributed by atoms with Crippen LogP contribution >= 0.6 is 0 Å². The van der Waals surface area contributed by atoms with E-state index >= 15 is 0 Å². The first-order valence-corrected chi connectivity index (χ1v) is 8.80. The van der Waals surface area contributed by atoms with E-state index < -0.39 is 10.0 Å². The lowest BCUT2D eigenvalue weighted by Crippen LogP contribution is -2.40. The molecule has 118 valence electrons. The SMILES string of the molecule is CCNCc1cccc(S(=O)(=O)N(C)C2CCOC2C)c1. The van der Waals surface area contributed by atoms with Gasteiger partial charge in [-0.05, 0) is 37.6 Å². The highest BCUT2D eigenvalue weighted by Gasteiger charge is 2.35. The number of sulfonamides is 1. The van der Waals surface area contributed by atoms with E-state index in [-0.39, 0.29) is 12.1 Å². The molecule has 2 rings (SSSR count). The summed E-state index contributed by atoms with van der Waals surface area (Å²) < 4.78 is 32.4. The number of nitrogens with one attached hydrogen (secondary N) is 1. The van der Waals surface area contributed by atoms with Crippen LogP contribution in [-0.2, 0) is 21.3 Å². The number of hydrogen-bond donors (Lipinski definition) is 1. The minimum Gasteiger partial charge on any atom is -0.377 e. The first kappa shape index (κ1) is 16.4. The van der Waals surface area contributed by atoms with Crippen LogP contribution in [0.4, 0.5) is 0 Å². The van der Waals surface area contributed by atoms with Crippen LogP contribution < -0.4 is 5.32 Å². The molecule has 1 aromatic carbocycles. The number of likely N-dealkylation sites (N-methyl/N-ethyl adjacent to an activating group) is 1. The third kappa shape index (κ3) is 3.63. The molecule has 1 aliphatic rings. The molecule has 1 fully saturated rings. The first-order chi connectivity index (χ1) is 9.96. The molecule has 21 heavy (non-hydrogen) atoms. The fourth-order valence-electron chi connectivity index (χ4n) is 2.63. The Morgan fingerprint density at radius 3 is 2.81 bits per heavy atom. The van der Waals surface area contributed by atoms with Crippen molar-refractivity contribution in [3.63, 3.8) is 0 Å². The molecule has 0 saturated carbocycles. The second kappa shape index (κ2) is 6.87. The van der Waals surface area contributed by atoms with E-state index in [4.69, 9.17) is 4.74 Å². The summed E-state index contributed by atoms with van der Waals surface area (Å²) in [6, 6.07) is 7.04. The normalized spacial score (nSPS) is 22.9. The fourth-order valence-corrected chi connectivity index (χ4v) is 4.14. The topological polar surface area (TPSA) is 58.6 Å². The maximum Gasteiger partial charge on any atom is 0.243 e. The second-order valence-corrected chi connectivity index (χ2v) is 7.38. The van der Waals surface area contributed by atoms with Crippen molar-refractivity contribution in [2.24, 2.45) is 0 Å². The summed E-state index contributed by atoms with van der Waals surface area (Å²) >= 11 is 0. The molecule has 1 aliphatic heterocycles. The summed E-state index contributed by atoms with van der Waals surface area (Å²) in [6.07, 6.45) is 0.684. The van der Waals surface area contributed by atoms with E-state index in [1.165, 1.54) is 4.31 Å². The molecule has 1 aromatic rings. The van der Waals surface area contributed by atoms with Gasteiger partial charge in [0, 0.05) is 20.2 Å². The Labute approximate surface area is 127 Å². The predicted octanol–water partition coefficient (Wildman–Crippen LogP) is 1.59. The predicted molar refractivity (Wildman–Crippen MR) is 82.6 cm³/mol. The van der Waals surface area contributed by atoms with Crippen LogP contribution in [0.25, 0.3) is 0 Å². The highest BCUT2D eigenvalue weighted by atomic mass is 32.2. The van der Waals surface area contributed by atoms with Crippen LogP contribution in [-0.4, -0.2) is 45.1 Å². The van der Waals surface area contributed by atoms with Gasteiger partial charge in [0.05, 0.1) is 17.0 Å². The molecule has 0 aliphatic carbocycles. The zero-order valence-corrected chi connectivity index (χ0v) is 13.7. The number of benzene rings is 1. The molecule has 2 atom stereocenters. The van der Waals surface area contributed by atoms with Crippen molar-refractivity contribution in [1.82, 2.24) is 9.62 Å². The van der Waals surface area contributed by atoms with E-state index in [1.54, 1.807) is 25.2 Å². The van der Waals surface area contributed by atoms with Crippen molar-refractivity contribution < 1.29 is 13.2 Å². The van der Waals surface area contributed by atoms with E-state index in [1.807, 2.05) is 19.9 Å². The zero-order valence-electron chi connectivity index (χ0n) is 12.9. The first-order valence-electron chi connectivity index (χ1n) is 7.36. The summed E-state index contributed by atoms with van der Waals surface area (Å²) in [5.41, 5.74) is 0.974. The van der Waals surface area contributed by atoms with Gasteiger partial charge in [-0.15, -0.1) is 0 Å². The van der Waals surface area contributed by atoms with Crippen molar-refractivity contribution in [3.05, 3.63) is 29.8 Å². The van der Waals surface area contributed by atoms with E-state index in [9.17, 15) is 8.42 Å². The smallest absolute Gasteiger partial charge is 0.243 e. The minimum absolute atomic E-state index is 0.0604. The van der Waals surface area contributed by atoms with Gasteiger partial charge in [-0.2, -0.15) is 4.31 Å². The molecular formula is C15H24N2O3S.